The fourth-order valence-electron chi connectivity index (χ4n) is 1.95. The third-order valence-electron chi connectivity index (χ3n) is 3.01. The number of hydrogen-bond acceptors (Lipinski definition) is 4. The Bertz CT molecular complexity index is 705. The molecule has 1 aromatic carbocycles. The third kappa shape index (κ3) is 4.23. The number of hydrogen-bond donors (Lipinski definition) is 2. The minimum Gasteiger partial charge on any atom is -0.496 e. The van der Waals surface area contributed by atoms with Gasteiger partial charge in [0, 0.05) is 12.6 Å². The number of rotatable bonds is 6. The van der Waals surface area contributed by atoms with Crippen LogP contribution in [0.15, 0.2) is 52.8 Å². The highest BCUT2D eigenvalue weighted by Crippen LogP contribution is 2.17. The van der Waals surface area contributed by atoms with Crippen LogP contribution in [0.2, 0.25) is 0 Å². The molecule has 2 N–H and O–H groups in total. The molecule has 0 fully saturated rings. The first kappa shape index (κ1) is 16.4. The van der Waals surface area contributed by atoms with Crippen molar-refractivity contribution in [3.8, 4) is 5.75 Å². The molecule has 0 saturated carbocycles. The third-order valence-corrected chi connectivity index (χ3v) is 3.01. The molecule has 2 aromatic rings. The zero-order valence-electron chi connectivity index (χ0n) is 13.0. The summed E-state index contributed by atoms with van der Waals surface area (Å²) < 4.78 is 10.4. The molecule has 1 heterocycles. The quantitative estimate of drug-likeness (QED) is 0.801. The average molecular weight is 314 g/mol. The number of benzene rings is 1. The van der Waals surface area contributed by atoms with Gasteiger partial charge in [0.25, 0.3) is 11.8 Å². The lowest BCUT2D eigenvalue weighted by Crippen LogP contribution is -2.34. The van der Waals surface area contributed by atoms with E-state index in [4.69, 9.17) is 9.15 Å². The van der Waals surface area contributed by atoms with Crippen molar-refractivity contribution < 1.29 is 18.7 Å². The minimum atomic E-state index is -0.438. The van der Waals surface area contributed by atoms with Gasteiger partial charge in [-0.25, -0.2) is 0 Å². The molecule has 2 rings (SSSR count). The van der Waals surface area contributed by atoms with Crippen molar-refractivity contribution in [2.24, 2.45) is 0 Å². The summed E-state index contributed by atoms with van der Waals surface area (Å²) in [4.78, 5) is 24.6. The van der Waals surface area contributed by atoms with Crippen molar-refractivity contribution in [3.63, 3.8) is 0 Å². The number of furan rings is 1. The van der Waals surface area contributed by atoms with Crippen LogP contribution in [-0.2, 0) is 4.79 Å². The summed E-state index contributed by atoms with van der Waals surface area (Å²) in [6.07, 6.45) is 2.96. The summed E-state index contributed by atoms with van der Waals surface area (Å²) in [5, 5.41) is 5.25. The molecule has 0 atom stereocenters. The number of amides is 2. The van der Waals surface area contributed by atoms with E-state index < -0.39 is 11.8 Å². The van der Waals surface area contributed by atoms with Crippen LogP contribution in [0.1, 0.15) is 23.0 Å². The Morgan fingerprint density at radius 3 is 2.65 bits per heavy atom. The number of methoxy groups -OCH3 is 1. The van der Waals surface area contributed by atoms with Gasteiger partial charge in [-0.1, -0.05) is 12.1 Å². The lowest BCUT2D eigenvalue weighted by atomic mass is 10.2. The fourth-order valence-corrected chi connectivity index (χ4v) is 1.95. The molecule has 6 nitrogen and oxygen atoms in total. The number of likely N-dealkylation sites (N-methyl/N-ethyl adjacent to an activating group) is 1. The monoisotopic (exact) mass is 314 g/mol. The number of ether oxygens (including phenoxy) is 1. The highest BCUT2D eigenvalue weighted by atomic mass is 16.5. The van der Waals surface area contributed by atoms with Crippen LogP contribution in [0.4, 0.5) is 0 Å². The first-order valence-corrected chi connectivity index (χ1v) is 7.13. The SMILES string of the molecule is CCNC(=O)/C(=C\c1ccco1)NC(=O)c1ccccc1OC. The van der Waals surface area contributed by atoms with Gasteiger partial charge in [-0.15, -0.1) is 0 Å². The van der Waals surface area contributed by atoms with E-state index in [0.29, 0.717) is 23.6 Å². The van der Waals surface area contributed by atoms with Crippen LogP contribution >= 0.6 is 0 Å². The predicted molar refractivity (Wildman–Crippen MR) is 85.8 cm³/mol. The summed E-state index contributed by atoms with van der Waals surface area (Å²) in [7, 11) is 1.48. The second-order valence-corrected chi connectivity index (χ2v) is 4.59. The van der Waals surface area contributed by atoms with Crippen molar-refractivity contribution in [1.82, 2.24) is 10.6 Å². The van der Waals surface area contributed by atoms with E-state index in [9.17, 15) is 9.59 Å². The Hall–Kier alpha value is -3.02. The van der Waals surface area contributed by atoms with E-state index >= 15 is 0 Å². The van der Waals surface area contributed by atoms with E-state index in [0.717, 1.165) is 0 Å². The number of para-hydroxylation sites is 1. The first-order valence-electron chi connectivity index (χ1n) is 7.13. The predicted octanol–water partition coefficient (Wildman–Crippen LogP) is 2.20. The van der Waals surface area contributed by atoms with Crippen molar-refractivity contribution in [1.29, 1.82) is 0 Å². The zero-order chi connectivity index (χ0) is 16.7. The normalized spacial score (nSPS) is 11.0. The van der Waals surface area contributed by atoms with Crippen LogP contribution in [0, 0.1) is 0 Å². The van der Waals surface area contributed by atoms with Gasteiger partial charge in [-0.3, -0.25) is 9.59 Å². The second-order valence-electron chi connectivity index (χ2n) is 4.59. The maximum absolute atomic E-state index is 12.4. The van der Waals surface area contributed by atoms with E-state index in [-0.39, 0.29) is 5.70 Å². The molecule has 0 aliphatic rings. The molecular formula is C17H18N2O4. The zero-order valence-corrected chi connectivity index (χ0v) is 13.0. The molecule has 1 aromatic heterocycles. The maximum atomic E-state index is 12.4. The fraction of sp³-hybridized carbons (Fsp3) is 0.176. The Labute approximate surface area is 134 Å². The lowest BCUT2D eigenvalue weighted by molar-refractivity contribution is -0.117. The van der Waals surface area contributed by atoms with Gasteiger partial charge in [0.1, 0.15) is 17.2 Å². The van der Waals surface area contributed by atoms with Gasteiger partial charge in [-0.05, 0) is 31.2 Å². The minimum absolute atomic E-state index is 0.0951. The van der Waals surface area contributed by atoms with E-state index in [1.165, 1.54) is 19.4 Å². The highest BCUT2D eigenvalue weighted by molar-refractivity contribution is 6.06. The topological polar surface area (TPSA) is 80.6 Å². The maximum Gasteiger partial charge on any atom is 0.267 e. The Balaban J connectivity index is 2.27. The molecule has 0 bridgehead atoms. The molecule has 6 heteroatoms. The van der Waals surface area contributed by atoms with Crippen molar-refractivity contribution in [2.75, 3.05) is 13.7 Å². The number of carbonyl (C=O) groups excluding carboxylic acids is 2. The largest absolute Gasteiger partial charge is 0.496 e. The van der Waals surface area contributed by atoms with Gasteiger partial charge in [-0.2, -0.15) is 0 Å². The average Bonchev–Trinajstić information content (AvgIpc) is 3.07. The standard InChI is InChI=1S/C17H18N2O4/c1-3-18-17(21)14(11-12-7-6-10-23-12)19-16(20)13-8-4-5-9-15(13)22-2/h4-11H,3H2,1-2H3,(H,18,21)(H,19,20)/b14-11+. The summed E-state index contributed by atoms with van der Waals surface area (Å²) in [5.74, 6) is 0.0588. The van der Waals surface area contributed by atoms with Crippen LogP contribution in [-0.4, -0.2) is 25.5 Å². The lowest BCUT2D eigenvalue weighted by Gasteiger charge is -2.11. The molecular weight excluding hydrogens is 296 g/mol. The molecule has 0 aliphatic carbocycles. The van der Waals surface area contributed by atoms with Crippen molar-refractivity contribution in [3.05, 3.63) is 59.7 Å². The Kier molecular flexibility index (Phi) is 5.57. The molecule has 2 amide bonds. The first-order chi connectivity index (χ1) is 11.2. The van der Waals surface area contributed by atoms with Gasteiger partial charge in [0.2, 0.25) is 0 Å². The van der Waals surface area contributed by atoms with Gasteiger partial charge >= 0.3 is 0 Å². The van der Waals surface area contributed by atoms with Crippen molar-refractivity contribution >= 4 is 17.9 Å². The Morgan fingerprint density at radius 2 is 2.00 bits per heavy atom. The molecule has 120 valence electrons. The van der Waals surface area contributed by atoms with E-state index in [2.05, 4.69) is 10.6 Å². The molecule has 0 saturated heterocycles. The smallest absolute Gasteiger partial charge is 0.267 e. The summed E-state index contributed by atoms with van der Waals surface area (Å²) in [6, 6.07) is 10.2. The number of nitrogens with one attached hydrogen (secondary N) is 2. The van der Waals surface area contributed by atoms with Crippen LogP contribution in [0.25, 0.3) is 6.08 Å². The van der Waals surface area contributed by atoms with E-state index in [1.807, 2.05) is 0 Å². The summed E-state index contributed by atoms with van der Waals surface area (Å²) in [6.45, 7) is 2.24. The molecule has 0 unspecified atom stereocenters. The van der Waals surface area contributed by atoms with Gasteiger partial charge in [0.05, 0.1) is 18.9 Å². The van der Waals surface area contributed by atoms with Crippen molar-refractivity contribution in [2.45, 2.75) is 6.92 Å². The number of carbonyl (C=O) groups is 2. The van der Waals surface area contributed by atoms with Gasteiger partial charge < -0.3 is 19.8 Å². The second kappa shape index (κ2) is 7.84. The van der Waals surface area contributed by atoms with Crippen LogP contribution < -0.4 is 15.4 Å². The summed E-state index contributed by atoms with van der Waals surface area (Å²) >= 11 is 0. The van der Waals surface area contributed by atoms with Gasteiger partial charge in [0.15, 0.2) is 0 Å². The van der Waals surface area contributed by atoms with Crippen LogP contribution in [0.3, 0.4) is 0 Å². The Morgan fingerprint density at radius 1 is 1.22 bits per heavy atom. The molecule has 23 heavy (non-hydrogen) atoms. The molecule has 0 aliphatic heterocycles. The van der Waals surface area contributed by atoms with E-state index in [1.54, 1.807) is 43.3 Å². The molecule has 0 spiro atoms. The highest BCUT2D eigenvalue weighted by Gasteiger charge is 2.17. The molecule has 0 radical (unpaired) electrons. The van der Waals surface area contributed by atoms with Crippen LogP contribution in [0.5, 0.6) is 5.75 Å². The summed E-state index contributed by atoms with van der Waals surface area (Å²) in [5.41, 5.74) is 0.433.